The predicted octanol–water partition coefficient (Wildman–Crippen LogP) is 6.44. The van der Waals surface area contributed by atoms with E-state index in [-0.39, 0.29) is 0 Å². The zero-order chi connectivity index (χ0) is 18.5. The summed E-state index contributed by atoms with van der Waals surface area (Å²) < 4.78 is 2.27. The van der Waals surface area contributed by atoms with E-state index < -0.39 is 0 Å². The van der Waals surface area contributed by atoms with E-state index in [0.717, 1.165) is 24.0 Å². The molecule has 4 rings (SSSR count). The SMILES string of the molecule is Oc1ccc2c(c1)c1c(n2Nc2ccccc2)CCCCCCCCCC1. The maximum Gasteiger partial charge on any atom is 0.116 e. The van der Waals surface area contributed by atoms with E-state index in [0.29, 0.717) is 5.75 Å². The third-order valence-corrected chi connectivity index (χ3v) is 5.77. The second-order valence-corrected chi connectivity index (χ2v) is 7.77. The molecule has 0 atom stereocenters. The van der Waals surface area contributed by atoms with Gasteiger partial charge in [-0.3, -0.25) is 10.1 Å². The van der Waals surface area contributed by atoms with Crippen molar-refractivity contribution in [1.82, 2.24) is 4.68 Å². The normalized spacial score (nSPS) is 16.3. The van der Waals surface area contributed by atoms with Crippen LogP contribution in [-0.2, 0) is 12.8 Å². The number of aromatic hydroxyl groups is 1. The van der Waals surface area contributed by atoms with Crippen LogP contribution in [0.4, 0.5) is 5.69 Å². The Morgan fingerprint density at radius 2 is 1.41 bits per heavy atom. The van der Waals surface area contributed by atoms with Gasteiger partial charge in [-0.1, -0.05) is 56.7 Å². The molecular formula is C24H30N2O. The number of phenols is 1. The van der Waals surface area contributed by atoms with Crippen molar-refractivity contribution in [2.45, 2.75) is 64.2 Å². The average molecular weight is 363 g/mol. The van der Waals surface area contributed by atoms with Crippen molar-refractivity contribution in [2.75, 3.05) is 5.43 Å². The summed E-state index contributed by atoms with van der Waals surface area (Å²) in [5.41, 5.74) is 8.69. The summed E-state index contributed by atoms with van der Waals surface area (Å²) in [7, 11) is 0. The summed E-state index contributed by atoms with van der Waals surface area (Å²) in [5, 5.41) is 11.3. The van der Waals surface area contributed by atoms with Crippen LogP contribution in [0.25, 0.3) is 10.9 Å². The van der Waals surface area contributed by atoms with Crippen LogP contribution in [0, 0.1) is 0 Å². The highest BCUT2D eigenvalue weighted by atomic mass is 16.3. The molecule has 1 aliphatic rings. The van der Waals surface area contributed by atoms with Crippen molar-refractivity contribution in [3.05, 3.63) is 59.8 Å². The lowest BCUT2D eigenvalue weighted by Crippen LogP contribution is -2.13. The van der Waals surface area contributed by atoms with E-state index in [1.807, 2.05) is 18.2 Å². The van der Waals surface area contributed by atoms with Gasteiger partial charge < -0.3 is 5.11 Å². The van der Waals surface area contributed by atoms with Gasteiger partial charge in [-0.2, -0.15) is 0 Å². The predicted molar refractivity (Wildman–Crippen MR) is 113 cm³/mol. The van der Waals surface area contributed by atoms with Crippen LogP contribution in [0.1, 0.15) is 62.6 Å². The lowest BCUT2D eigenvalue weighted by molar-refractivity contribution is 0.476. The van der Waals surface area contributed by atoms with Crippen molar-refractivity contribution in [2.24, 2.45) is 0 Å². The minimum absolute atomic E-state index is 0.355. The third kappa shape index (κ3) is 4.13. The van der Waals surface area contributed by atoms with Crippen LogP contribution >= 0.6 is 0 Å². The number of nitrogens with zero attached hydrogens (tertiary/aromatic N) is 1. The maximum absolute atomic E-state index is 10.1. The Labute approximate surface area is 162 Å². The number of para-hydroxylation sites is 1. The first-order valence-corrected chi connectivity index (χ1v) is 10.5. The summed E-state index contributed by atoms with van der Waals surface area (Å²) in [6.07, 6.45) is 12.7. The van der Waals surface area contributed by atoms with Crippen LogP contribution in [0.2, 0.25) is 0 Å². The van der Waals surface area contributed by atoms with Gasteiger partial charge in [0.15, 0.2) is 0 Å². The van der Waals surface area contributed by atoms with Gasteiger partial charge >= 0.3 is 0 Å². The van der Waals surface area contributed by atoms with E-state index in [2.05, 4.69) is 34.4 Å². The number of aryl methyl sites for hydroxylation is 1. The molecule has 3 aromatic rings. The maximum atomic E-state index is 10.1. The van der Waals surface area contributed by atoms with Gasteiger partial charge in [-0.25, -0.2) is 0 Å². The molecule has 2 N–H and O–H groups in total. The van der Waals surface area contributed by atoms with Crippen LogP contribution in [0.5, 0.6) is 5.75 Å². The lowest BCUT2D eigenvalue weighted by Gasteiger charge is -2.15. The molecule has 1 aliphatic carbocycles. The van der Waals surface area contributed by atoms with Gasteiger partial charge in [0.05, 0.1) is 11.2 Å². The Balaban J connectivity index is 1.78. The highest BCUT2D eigenvalue weighted by Gasteiger charge is 2.18. The minimum Gasteiger partial charge on any atom is -0.508 e. The summed E-state index contributed by atoms with van der Waals surface area (Å²) in [4.78, 5) is 0. The zero-order valence-electron chi connectivity index (χ0n) is 16.1. The van der Waals surface area contributed by atoms with Gasteiger partial charge in [-0.05, 0) is 61.6 Å². The Hall–Kier alpha value is -2.42. The molecule has 0 radical (unpaired) electrons. The number of nitrogens with one attached hydrogen (secondary N) is 1. The molecule has 1 heterocycles. The molecule has 0 aliphatic heterocycles. The van der Waals surface area contributed by atoms with E-state index in [9.17, 15) is 5.11 Å². The minimum atomic E-state index is 0.355. The molecule has 0 amide bonds. The van der Waals surface area contributed by atoms with Crippen molar-refractivity contribution >= 4 is 16.6 Å². The van der Waals surface area contributed by atoms with E-state index in [4.69, 9.17) is 0 Å². The number of benzene rings is 2. The highest BCUT2D eigenvalue weighted by molar-refractivity contribution is 5.87. The third-order valence-electron chi connectivity index (χ3n) is 5.77. The van der Waals surface area contributed by atoms with Gasteiger partial charge in [0.25, 0.3) is 0 Å². The first kappa shape index (κ1) is 18.0. The summed E-state index contributed by atoms with van der Waals surface area (Å²) in [5.74, 6) is 0.355. The Morgan fingerprint density at radius 1 is 0.741 bits per heavy atom. The van der Waals surface area contributed by atoms with Gasteiger partial charge in [-0.15, -0.1) is 0 Å². The second kappa shape index (κ2) is 8.51. The number of aromatic nitrogens is 1. The monoisotopic (exact) mass is 362 g/mol. The van der Waals surface area contributed by atoms with Crippen molar-refractivity contribution in [3.63, 3.8) is 0 Å². The van der Waals surface area contributed by atoms with Crippen LogP contribution in [0.15, 0.2) is 48.5 Å². The lowest BCUT2D eigenvalue weighted by atomic mass is 9.98. The van der Waals surface area contributed by atoms with E-state index in [1.165, 1.54) is 68.0 Å². The molecule has 0 saturated heterocycles. The summed E-state index contributed by atoms with van der Waals surface area (Å²) >= 11 is 0. The van der Waals surface area contributed by atoms with E-state index >= 15 is 0 Å². The molecular weight excluding hydrogens is 332 g/mol. The van der Waals surface area contributed by atoms with Crippen LogP contribution < -0.4 is 5.43 Å². The number of anilines is 1. The number of hydrogen-bond donors (Lipinski definition) is 2. The van der Waals surface area contributed by atoms with Gasteiger partial charge in [0.2, 0.25) is 0 Å². The smallest absolute Gasteiger partial charge is 0.116 e. The highest BCUT2D eigenvalue weighted by Crippen LogP contribution is 2.32. The Morgan fingerprint density at radius 3 is 2.15 bits per heavy atom. The van der Waals surface area contributed by atoms with Crippen LogP contribution in [-0.4, -0.2) is 9.78 Å². The molecule has 0 saturated carbocycles. The molecule has 27 heavy (non-hydrogen) atoms. The molecule has 3 heteroatoms. The molecule has 0 spiro atoms. The fraction of sp³-hybridized carbons (Fsp3) is 0.417. The van der Waals surface area contributed by atoms with Crippen molar-refractivity contribution in [1.29, 1.82) is 0 Å². The Bertz CT molecular complexity index is 882. The number of fused-ring (bicyclic) bond motifs is 3. The largest absolute Gasteiger partial charge is 0.508 e. The Kier molecular flexibility index (Phi) is 5.66. The average Bonchev–Trinajstić information content (AvgIpc) is 2.94. The first-order chi connectivity index (χ1) is 13.3. The quantitative estimate of drug-likeness (QED) is 0.550. The molecule has 142 valence electrons. The number of rotatable bonds is 2. The summed E-state index contributed by atoms with van der Waals surface area (Å²) in [6, 6.07) is 16.2. The van der Waals surface area contributed by atoms with Gasteiger partial charge in [0, 0.05) is 11.1 Å². The number of hydrogen-bond acceptors (Lipinski definition) is 2. The topological polar surface area (TPSA) is 37.2 Å². The molecule has 0 bridgehead atoms. The molecule has 3 nitrogen and oxygen atoms in total. The molecule has 0 fully saturated rings. The van der Waals surface area contributed by atoms with Crippen LogP contribution in [0.3, 0.4) is 0 Å². The van der Waals surface area contributed by atoms with E-state index in [1.54, 1.807) is 6.07 Å². The fourth-order valence-electron chi connectivity index (χ4n) is 4.36. The molecule has 1 aromatic heterocycles. The summed E-state index contributed by atoms with van der Waals surface area (Å²) in [6.45, 7) is 0. The molecule has 2 aromatic carbocycles. The molecule has 0 unspecified atom stereocenters. The fourth-order valence-corrected chi connectivity index (χ4v) is 4.36. The van der Waals surface area contributed by atoms with Gasteiger partial charge in [0.1, 0.15) is 5.75 Å². The number of phenolic OH excluding ortho intramolecular Hbond substituents is 1. The first-order valence-electron chi connectivity index (χ1n) is 10.5. The zero-order valence-corrected chi connectivity index (χ0v) is 16.1. The standard InChI is InChI=1S/C24H30N2O/c27-20-16-17-24-22(18-20)21-14-10-5-3-1-2-4-6-11-15-23(21)26(24)25-19-12-8-7-9-13-19/h7-9,12-13,16-18,25,27H,1-6,10-11,14-15H2. The van der Waals surface area contributed by atoms with Crippen molar-refractivity contribution in [3.8, 4) is 5.75 Å². The van der Waals surface area contributed by atoms with Crippen molar-refractivity contribution < 1.29 is 5.11 Å². The second-order valence-electron chi connectivity index (χ2n) is 7.77.